The first-order valence-electron chi connectivity index (χ1n) is 6.48. The molecule has 0 aliphatic carbocycles. The smallest absolute Gasteiger partial charge is 0.341 e. The number of hydrogen-bond donors (Lipinski definition) is 1. The molecule has 2 aromatic rings. The monoisotopic (exact) mass is 316 g/mol. The second kappa shape index (κ2) is 7.43. The molecular formula is C17H13ClO4. The Kier molecular flexibility index (Phi) is 5.33. The van der Waals surface area contributed by atoms with Gasteiger partial charge in [0.05, 0.1) is 5.02 Å². The average Bonchev–Trinajstić information content (AvgIpc) is 2.51. The highest BCUT2D eigenvalue weighted by molar-refractivity contribution is 6.34. The summed E-state index contributed by atoms with van der Waals surface area (Å²) in [6.07, 6.45) is 3.14. The summed E-state index contributed by atoms with van der Waals surface area (Å²) in [6.45, 7) is -0.461. The molecule has 5 heteroatoms. The van der Waals surface area contributed by atoms with E-state index in [-0.39, 0.29) is 10.8 Å². The van der Waals surface area contributed by atoms with Gasteiger partial charge >= 0.3 is 5.97 Å². The first-order chi connectivity index (χ1) is 10.6. The first-order valence-corrected chi connectivity index (χ1v) is 6.85. The van der Waals surface area contributed by atoms with Crippen molar-refractivity contribution in [2.75, 3.05) is 6.61 Å². The van der Waals surface area contributed by atoms with Crippen LogP contribution in [0.25, 0.3) is 6.08 Å². The second-order valence-corrected chi connectivity index (χ2v) is 4.84. The first kappa shape index (κ1) is 15.8. The fourth-order valence-corrected chi connectivity index (χ4v) is 2.02. The summed E-state index contributed by atoms with van der Waals surface area (Å²) in [7, 11) is 0. The maximum Gasteiger partial charge on any atom is 0.341 e. The molecule has 0 bridgehead atoms. The van der Waals surface area contributed by atoms with Gasteiger partial charge in [-0.15, -0.1) is 0 Å². The summed E-state index contributed by atoms with van der Waals surface area (Å²) < 4.78 is 5.00. The lowest BCUT2D eigenvalue weighted by Crippen LogP contribution is -2.09. The Bertz CT molecular complexity index is 708. The number of carbonyl (C=O) groups is 2. The Balaban J connectivity index is 2.10. The molecule has 22 heavy (non-hydrogen) atoms. The van der Waals surface area contributed by atoms with Crippen molar-refractivity contribution in [3.05, 3.63) is 70.8 Å². The molecule has 0 aromatic heterocycles. The minimum Gasteiger partial charge on any atom is -0.482 e. The van der Waals surface area contributed by atoms with Crippen molar-refractivity contribution in [3.8, 4) is 5.75 Å². The summed E-state index contributed by atoms with van der Waals surface area (Å²) in [5.74, 6) is -1.02. The van der Waals surface area contributed by atoms with Crippen molar-refractivity contribution >= 4 is 29.4 Å². The zero-order valence-corrected chi connectivity index (χ0v) is 12.3. The van der Waals surface area contributed by atoms with Crippen LogP contribution in [0.5, 0.6) is 5.75 Å². The highest BCUT2D eigenvalue weighted by Gasteiger charge is 2.09. The number of halogens is 1. The topological polar surface area (TPSA) is 63.6 Å². The average molecular weight is 317 g/mol. The van der Waals surface area contributed by atoms with Crippen molar-refractivity contribution in [3.63, 3.8) is 0 Å². The summed E-state index contributed by atoms with van der Waals surface area (Å²) in [5.41, 5.74) is 1.24. The molecule has 0 saturated heterocycles. The number of allylic oxidation sites excluding steroid dienone is 1. The molecule has 0 radical (unpaired) electrons. The quantitative estimate of drug-likeness (QED) is 0.652. The van der Waals surface area contributed by atoms with Gasteiger partial charge in [-0.3, -0.25) is 4.79 Å². The van der Waals surface area contributed by atoms with E-state index in [1.54, 1.807) is 6.08 Å². The lowest BCUT2D eigenvalue weighted by atomic mass is 10.1. The maximum atomic E-state index is 12.1. The molecule has 112 valence electrons. The molecule has 4 nitrogen and oxygen atoms in total. The Morgan fingerprint density at radius 1 is 1.14 bits per heavy atom. The molecular weight excluding hydrogens is 304 g/mol. The maximum absolute atomic E-state index is 12.1. The van der Waals surface area contributed by atoms with Crippen LogP contribution in [0.15, 0.2) is 54.6 Å². The highest BCUT2D eigenvalue weighted by Crippen LogP contribution is 2.23. The van der Waals surface area contributed by atoms with Gasteiger partial charge in [-0.05, 0) is 29.8 Å². The van der Waals surface area contributed by atoms with Crippen LogP contribution in [0.2, 0.25) is 5.02 Å². The fourth-order valence-electron chi connectivity index (χ4n) is 1.76. The van der Waals surface area contributed by atoms with E-state index in [0.29, 0.717) is 11.3 Å². The Hall–Kier alpha value is -2.59. The predicted molar refractivity (Wildman–Crippen MR) is 84.4 cm³/mol. The summed E-state index contributed by atoms with van der Waals surface area (Å²) in [5, 5.41) is 8.76. The van der Waals surface area contributed by atoms with Crippen molar-refractivity contribution < 1.29 is 19.4 Å². The van der Waals surface area contributed by atoms with E-state index >= 15 is 0 Å². The number of rotatable bonds is 6. The molecule has 0 heterocycles. The van der Waals surface area contributed by atoms with E-state index in [4.69, 9.17) is 21.4 Å². The number of ketones is 1. The largest absolute Gasteiger partial charge is 0.482 e. The van der Waals surface area contributed by atoms with E-state index in [1.165, 1.54) is 24.3 Å². The van der Waals surface area contributed by atoms with Crippen molar-refractivity contribution in [1.82, 2.24) is 0 Å². The number of ether oxygens (including phenoxy) is 1. The summed E-state index contributed by atoms with van der Waals surface area (Å²) in [6, 6.07) is 13.9. The van der Waals surface area contributed by atoms with Gasteiger partial charge in [0.2, 0.25) is 0 Å². The van der Waals surface area contributed by atoms with Crippen LogP contribution in [0.4, 0.5) is 0 Å². The lowest BCUT2D eigenvalue weighted by molar-refractivity contribution is -0.139. The molecule has 2 rings (SSSR count). The summed E-state index contributed by atoms with van der Waals surface area (Å²) >= 11 is 6.04. The van der Waals surface area contributed by atoms with Gasteiger partial charge in [-0.1, -0.05) is 48.0 Å². The van der Waals surface area contributed by atoms with E-state index in [9.17, 15) is 9.59 Å². The van der Waals surface area contributed by atoms with Gasteiger partial charge in [-0.2, -0.15) is 0 Å². The predicted octanol–water partition coefficient (Wildman–Crippen LogP) is 3.70. The van der Waals surface area contributed by atoms with Crippen molar-refractivity contribution in [2.45, 2.75) is 0 Å². The van der Waals surface area contributed by atoms with Crippen molar-refractivity contribution in [2.24, 2.45) is 0 Å². The molecule has 0 aliphatic heterocycles. The van der Waals surface area contributed by atoms with Crippen LogP contribution in [0.1, 0.15) is 15.9 Å². The van der Waals surface area contributed by atoms with Gasteiger partial charge in [0, 0.05) is 5.56 Å². The second-order valence-electron chi connectivity index (χ2n) is 4.43. The lowest BCUT2D eigenvalue weighted by Gasteiger charge is -2.05. The third kappa shape index (κ3) is 4.46. The standard InChI is InChI=1S/C17H13ClO4/c18-15-10-13(22-11-17(20)21)7-8-14(15)16(19)9-6-12-4-2-1-3-5-12/h1-10H,11H2,(H,20,21). The fraction of sp³-hybridized carbons (Fsp3) is 0.0588. The van der Waals surface area contributed by atoms with Gasteiger partial charge in [0.1, 0.15) is 5.75 Å². The Morgan fingerprint density at radius 3 is 2.50 bits per heavy atom. The van der Waals surface area contributed by atoms with E-state index in [1.807, 2.05) is 30.3 Å². The summed E-state index contributed by atoms with van der Waals surface area (Å²) in [4.78, 5) is 22.5. The molecule has 0 fully saturated rings. The molecule has 0 amide bonds. The van der Waals surface area contributed by atoms with Gasteiger partial charge in [-0.25, -0.2) is 4.79 Å². The van der Waals surface area contributed by atoms with Crippen LogP contribution in [-0.4, -0.2) is 23.5 Å². The third-order valence-electron chi connectivity index (χ3n) is 2.80. The minimum atomic E-state index is -1.08. The molecule has 0 atom stereocenters. The Morgan fingerprint density at radius 2 is 1.86 bits per heavy atom. The number of carboxylic acids is 1. The Labute approximate surface area is 132 Å². The van der Waals surface area contributed by atoms with Gasteiger partial charge in [0.25, 0.3) is 0 Å². The van der Waals surface area contributed by atoms with E-state index in [0.717, 1.165) is 5.56 Å². The zero-order valence-electron chi connectivity index (χ0n) is 11.5. The van der Waals surface area contributed by atoms with E-state index in [2.05, 4.69) is 0 Å². The van der Waals surface area contributed by atoms with Crippen LogP contribution >= 0.6 is 11.6 Å². The molecule has 0 aliphatic rings. The number of carboxylic acid groups (broad SMARTS) is 1. The number of carbonyl (C=O) groups excluding carboxylic acids is 1. The molecule has 0 unspecified atom stereocenters. The normalized spacial score (nSPS) is 10.6. The van der Waals surface area contributed by atoms with Crippen molar-refractivity contribution in [1.29, 1.82) is 0 Å². The van der Waals surface area contributed by atoms with Gasteiger partial charge in [0.15, 0.2) is 12.4 Å². The minimum absolute atomic E-state index is 0.214. The van der Waals surface area contributed by atoms with Crippen LogP contribution < -0.4 is 4.74 Å². The van der Waals surface area contributed by atoms with Gasteiger partial charge < -0.3 is 9.84 Å². The molecule has 0 spiro atoms. The third-order valence-corrected chi connectivity index (χ3v) is 3.11. The van der Waals surface area contributed by atoms with E-state index < -0.39 is 12.6 Å². The molecule has 0 saturated carbocycles. The SMILES string of the molecule is O=C(O)COc1ccc(C(=O)C=Cc2ccccc2)c(Cl)c1. The zero-order chi connectivity index (χ0) is 15.9. The van der Waals surface area contributed by atoms with Crippen LogP contribution in [0, 0.1) is 0 Å². The number of benzene rings is 2. The number of aliphatic carboxylic acids is 1. The molecule has 2 aromatic carbocycles. The highest BCUT2D eigenvalue weighted by atomic mass is 35.5. The molecule has 1 N–H and O–H groups in total. The van der Waals surface area contributed by atoms with Crippen LogP contribution in [-0.2, 0) is 4.79 Å². The number of hydrogen-bond acceptors (Lipinski definition) is 3. The van der Waals surface area contributed by atoms with Crippen LogP contribution in [0.3, 0.4) is 0 Å².